The average Bonchev–Trinajstić information content (AvgIpc) is 2.56. The van der Waals surface area contributed by atoms with Gasteiger partial charge in [0.15, 0.2) is 9.84 Å². The van der Waals surface area contributed by atoms with Gasteiger partial charge in [-0.2, -0.15) is 13.2 Å². The summed E-state index contributed by atoms with van der Waals surface area (Å²) in [6.07, 6.45) is -5.08. The molecule has 2 fully saturated rings. The first-order valence-corrected chi connectivity index (χ1v) is 7.25. The Hall–Kier alpha value is -0.870. The summed E-state index contributed by atoms with van der Waals surface area (Å²) in [4.78, 5) is 8.90. The zero-order valence-electron chi connectivity index (χ0n) is 10.1. The maximum atomic E-state index is 11.5. The molecule has 10 heteroatoms. The molecule has 3 N–H and O–H groups in total. The minimum atomic E-state index is -5.08. The van der Waals surface area contributed by atoms with Crippen LogP contribution in [0, 0.1) is 5.92 Å². The lowest BCUT2D eigenvalue weighted by atomic mass is 9.93. The first-order chi connectivity index (χ1) is 8.55. The second-order valence-electron chi connectivity index (χ2n) is 4.41. The molecule has 0 aromatic rings. The van der Waals surface area contributed by atoms with Crippen molar-refractivity contribution in [2.24, 2.45) is 5.92 Å². The van der Waals surface area contributed by atoms with Crippen LogP contribution < -0.4 is 10.6 Å². The Labute approximate surface area is 108 Å². The van der Waals surface area contributed by atoms with Gasteiger partial charge in [0.2, 0.25) is 0 Å². The van der Waals surface area contributed by atoms with E-state index in [4.69, 9.17) is 9.90 Å². The smallest absolute Gasteiger partial charge is 0.475 e. The van der Waals surface area contributed by atoms with Gasteiger partial charge in [-0.15, -0.1) is 0 Å². The van der Waals surface area contributed by atoms with Gasteiger partial charge in [0.25, 0.3) is 0 Å². The normalized spacial score (nSPS) is 32.9. The van der Waals surface area contributed by atoms with Crippen LogP contribution in [0.5, 0.6) is 0 Å². The van der Waals surface area contributed by atoms with Crippen LogP contribution in [0.2, 0.25) is 0 Å². The minimum absolute atomic E-state index is 0.275. The topological polar surface area (TPSA) is 95.5 Å². The van der Waals surface area contributed by atoms with Crippen LogP contribution in [-0.4, -0.2) is 55.9 Å². The Morgan fingerprint density at radius 3 is 2.05 bits per heavy atom. The lowest BCUT2D eigenvalue weighted by Gasteiger charge is -2.38. The summed E-state index contributed by atoms with van der Waals surface area (Å²) in [6.45, 7) is 3.48. The molecule has 0 saturated carbocycles. The molecule has 6 nitrogen and oxygen atoms in total. The van der Waals surface area contributed by atoms with Crippen LogP contribution in [0.15, 0.2) is 0 Å². The van der Waals surface area contributed by atoms with Crippen molar-refractivity contribution in [2.45, 2.75) is 24.5 Å². The Morgan fingerprint density at radius 1 is 1.32 bits per heavy atom. The molecule has 2 rings (SSSR count). The molecule has 2 aliphatic rings. The van der Waals surface area contributed by atoms with Crippen molar-refractivity contribution in [2.75, 3.05) is 18.8 Å². The summed E-state index contributed by atoms with van der Waals surface area (Å²) < 4.78 is 54.6. The maximum absolute atomic E-state index is 11.5. The number of nitrogens with one attached hydrogen (secondary N) is 2. The molecule has 0 bridgehead atoms. The number of hydrogen-bond donors (Lipinski definition) is 3. The molecular weight excluding hydrogens is 289 g/mol. The SMILES string of the molecule is C[C@H]1NC[C@@H]1C1NCCS1(=O)=O.O=C(O)C(F)(F)F. The Morgan fingerprint density at radius 2 is 1.84 bits per heavy atom. The number of hydrogen-bond acceptors (Lipinski definition) is 5. The molecule has 2 aliphatic heterocycles. The summed E-state index contributed by atoms with van der Waals surface area (Å²) in [5, 5.41) is 13.1. The van der Waals surface area contributed by atoms with Crippen LogP contribution in [0.3, 0.4) is 0 Å². The van der Waals surface area contributed by atoms with E-state index in [0.29, 0.717) is 18.3 Å². The fraction of sp³-hybridized carbons (Fsp3) is 0.889. The Balaban J connectivity index is 0.000000224. The average molecular weight is 304 g/mol. The van der Waals surface area contributed by atoms with Gasteiger partial charge in [-0.05, 0) is 6.92 Å². The number of carbonyl (C=O) groups is 1. The van der Waals surface area contributed by atoms with Gasteiger partial charge in [-0.3, -0.25) is 5.32 Å². The second kappa shape index (κ2) is 5.63. The quantitative estimate of drug-likeness (QED) is 0.608. The van der Waals surface area contributed by atoms with E-state index >= 15 is 0 Å². The van der Waals surface area contributed by atoms with E-state index in [-0.39, 0.29) is 11.3 Å². The highest BCUT2D eigenvalue weighted by Crippen LogP contribution is 2.23. The van der Waals surface area contributed by atoms with Crippen LogP contribution >= 0.6 is 0 Å². The summed E-state index contributed by atoms with van der Waals surface area (Å²) >= 11 is 0. The maximum Gasteiger partial charge on any atom is 0.490 e. The molecule has 19 heavy (non-hydrogen) atoms. The fourth-order valence-electron chi connectivity index (χ4n) is 1.87. The predicted octanol–water partition coefficient (Wildman–Crippen LogP) is -0.428. The van der Waals surface area contributed by atoms with E-state index in [1.807, 2.05) is 6.92 Å². The number of carboxylic acids is 1. The van der Waals surface area contributed by atoms with Gasteiger partial charge in [-0.25, -0.2) is 13.2 Å². The van der Waals surface area contributed by atoms with E-state index < -0.39 is 22.0 Å². The predicted molar refractivity (Wildman–Crippen MR) is 60.2 cm³/mol. The van der Waals surface area contributed by atoms with E-state index in [2.05, 4.69) is 10.6 Å². The highest BCUT2D eigenvalue weighted by molar-refractivity contribution is 7.92. The van der Waals surface area contributed by atoms with Crippen LogP contribution in [-0.2, 0) is 14.6 Å². The van der Waals surface area contributed by atoms with Gasteiger partial charge < -0.3 is 10.4 Å². The van der Waals surface area contributed by atoms with Crippen molar-refractivity contribution >= 4 is 15.8 Å². The number of sulfone groups is 1. The van der Waals surface area contributed by atoms with Crippen LogP contribution in [0.4, 0.5) is 13.2 Å². The van der Waals surface area contributed by atoms with Crippen molar-refractivity contribution in [3.8, 4) is 0 Å². The van der Waals surface area contributed by atoms with Gasteiger partial charge in [0, 0.05) is 25.0 Å². The van der Waals surface area contributed by atoms with Crippen molar-refractivity contribution in [1.29, 1.82) is 0 Å². The van der Waals surface area contributed by atoms with E-state index in [1.54, 1.807) is 0 Å². The molecule has 0 aliphatic carbocycles. The van der Waals surface area contributed by atoms with Crippen molar-refractivity contribution < 1.29 is 31.5 Å². The van der Waals surface area contributed by atoms with E-state index in [9.17, 15) is 21.6 Å². The van der Waals surface area contributed by atoms with E-state index in [1.165, 1.54) is 0 Å². The third-order valence-electron chi connectivity index (χ3n) is 3.07. The molecule has 2 saturated heterocycles. The zero-order chi connectivity index (χ0) is 14.8. The molecule has 0 radical (unpaired) electrons. The lowest BCUT2D eigenvalue weighted by molar-refractivity contribution is -0.192. The van der Waals surface area contributed by atoms with Crippen LogP contribution in [0.1, 0.15) is 6.92 Å². The Kier molecular flexibility index (Phi) is 4.80. The largest absolute Gasteiger partial charge is 0.490 e. The molecule has 0 aromatic heterocycles. The number of halogens is 3. The number of aliphatic carboxylic acids is 1. The first kappa shape index (κ1) is 16.2. The van der Waals surface area contributed by atoms with Gasteiger partial charge in [0.05, 0.1) is 5.75 Å². The lowest BCUT2D eigenvalue weighted by Crippen LogP contribution is -2.59. The number of rotatable bonds is 1. The minimum Gasteiger partial charge on any atom is -0.475 e. The molecule has 3 atom stereocenters. The number of alkyl halides is 3. The standard InChI is InChI=1S/C7H14N2O2S.C2HF3O2/c1-5-6(4-9-5)7-8-2-3-12(7,10)11;3-2(4,5)1(6)7/h5-9H,2-4H2,1H3;(H,6,7)/t5-,6+,7?;/m1./s1. The summed E-state index contributed by atoms with van der Waals surface area (Å²) in [6, 6.07) is 0.343. The molecule has 2 heterocycles. The molecule has 0 amide bonds. The molecule has 0 aromatic carbocycles. The fourth-order valence-corrected chi connectivity index (χ4v) is 3.77. The number of carboxylic acid groups (broad SMARTS) is 1. The highest BCUT2D eigenvalue weighted by Gasteiger charge is 2.43. The molecule has 1 unspecified atom stereocenters. The zero-order valence-corrected chi connectivity index (χ0v) is 10.9. The third-order valence-corrected chi connectivity index (χ3v) is 5.13. The third kappa shape index (κ3) is 4.05. The van der Waals surface area contributed by atoms with Crippen LogP contribution in [0.25, 0.3) is 0 Å². The van der Waals surface area contributed by atoms with Crippen molar-refractivity contribution in [3.05, 3.63) is 0 Å². The summed E-state index contributed by atoms with van der Waals surface area (Å²) in [5.74, 6) is -2.18. The Bertz CT molecular complexity index is 437. The van der Waals surface area contributed by atoms with Gasteiger partial charge >= 0.3 is 12.1 Å². The van der Waals surface area contributed by atoms with Crippen molar-refractivity contribution in [3.63, 3.8) is 0 Å². The summed E-state index contributed by atoms with van der Waals surface area (Å²) in [5.41, 5.74) is 0. The first-order valence-electron chi connectivity index (χ1n) is 5.54. The second-order valence-corrected chi connectivity index (χ2v) is 6.65. The monoisotopic (exact) mass is 304 g/mol. The molecular formula is C9H15F3N2O4S. The van der Waals surface area contributed by atoms with Gasteiger partial charge in [-0.1, -0.05) is 0 Å². The van der Waals surface area contributed by atoms with Crippen molar-refractivity contribution in [1.82, 2.24) is 10.6 Å². The molecule has 0 spiro atoms. The highest BCUT2D eigenvalue weighted by atomic mass is 32.2. The van der Waals surface area contributed by atoms with Gasteiger partial charge in [0.1, 0.15) is 5.37 Å². The summed E-state index contributed by atoms with van der Waals surface area (Å²) in [7, 11) is -2.83. The van der Waals surface area contributed by atoms with E-state index in [0.717, 1.165) is 6.54 Å². The molecule has 112 valence electrons.